The van der Waals surface area contributed by atoms with Crippen molar-refractivity contribution in [2.75, 3.05) is 0 Å². The van der Waals surface area contributed by atoms with E-state index >= 15 is 0 Å². The fourth-order valence-corrected chi connectivity index (χ4v) is 1.82. The summed E-state index contributed by atoms with van der Waals surface area (Å²) < 4.78 is 14.7. The molecule has 0 aliphatic heterocycles. The molecule has 1 aromatic carbocycles. The van der Waals surface area contributed by atoms with Gasteiger partial charge in [0.1, 0.15) is 5.82 Å². The van der Waals surface area contributed by atoms with E-state index in [-0.39, 0.29) is 10.8 Å². The average molecular weight is 267 g/mol. The van der Waals surface area contributed by atoms with Crippen molar-refractivity contribution in [2.24, 2.45) is 0 Å². The fraction of sp³-hybridized carbons (Fsp3) is 0.231. The lowest BCUT2D eigenvalue weighted by molar-refractivity contribution is 0.103. The van der Waals surface area contributed by atoms with E-state index in [1.54, 1.807) is 10.9 Å². The number of aryl methyl sites for hydroxylation is 1. The van der Waals surface area contributed by atoms with Gasteiger partial charge in [0.15, 0.2) is 5.78 Å². The van der Waals surface area contributed by atoms with Crippen molar-refractivity contribution in [3.05, 3.63) is 52.6 Å². The first-order chi connectivity index (χ1) is 8.61. The van der Waals surface area contributed by atoms with Crippen LogP contribution in [0.4, 0.5) is 4.39 Å². The first-order valence-electron chi connectivity index (χ1n) is 5.64. The van der Waals surface area contributed by atoms with Gasteiger partial charge in [-0.2, -0.15) is 5.10 Å². The Bertz CT molecular complexity index is 580. The summed E-state index contributed by atoms with van der Waals surface area (Å²) in [5.41, 5.74) is 0.837. The van der Waals surface area contributed by atoms with Crippen LogP contribution in [-0.2, 0) is 6.54 Å². The molecule has 1 heterocycles. The second-order valence-electron chi connectivity index (χ2n) is 3.95. The first kappa shape index (κ1) is 12.8. The standard InChI is InChI=1S/C13H12ClFN2O/c1-2-5-17-8-10(7-16-17)13(18)9-3-4-12(15)11(14)6-9/h3-4,6-8H,2,5H2,1H3. The molecule has 0 bridgehead atoms. The molecule has 0 N–H and O–H groups in total. The highest BCUT2D eigenvalue weighted by molar-refractivity contribution is 6.31. The predicted octanol–water partition coefficient (Wildman–Crippen LogP) is 3.32. The van der Waals surface area contributed by atoms with Gasteiger partial charge in [0.25, 0.3) is 0 Å². The first-order valence-corrected chi connectivity index (χ1v) is 6.02. The number of carbonyl (C=O) groups is 1. The topological polar surface area (TPSA) is 34.9 Å². The summed E-state index contributed by atoms with van der Waals surface area (Å²) >= 11 is 5.65. The van der Waals surface area contributed by atoms with Gasteiger partial charge in [-0.25, -0.2) is 4.39 Å². The number of benzene rings is 1. The quantitative estimate of drug-likeness (QED) is 0.796. The predicted molar refractivity (Wildman–Crippen MR) is 67.4 cm³/mol. The van der Waals surface area contributed by atoms with Gasteiger partial charge in [-0.05, 0) is 24.6 Å². The Labute approximate surface area is 109 Å². The molecule has 3 nitrogen and oxygen atoms in total. The summed E-state index contributed by atoms with van der Waals surface area (Å²) in [5.74, 6) is -0.742. The van der Waals surface area contributed by atoms with Gasteiger partial charge in [-0.3, -0.25) is 9.48 Å². The highest BCUT2D eigenvalue weighted by atomic mass is 35.5. The molecule has 0 atom stereocenters. The Morgan fingerprint density at radius 3 is 2.89 bits per heavy atom. The smallest absolute Gasteiger partial charge is 0.196 e. The van der Waals surface area contributed by atoms with Crippen molar-refractivity contribution in [2.45, 2.75) is 19.9 Å². The van der Waals surface area contributed by atoms with Crippen LogP contribution >= 0.6 is 11.6 Å². The number of nitrogens with zero attached hydrogens (tertiary/aromatic N) is 2. The van der Waals surface area contributed by atoms with Crippen LogP contribution in [0.3, 0.4) is 0 Å². The molecule has 0 spiro atoms. The SMILES string of the molecule is CCCn1cc(C(=O)c2ccc(F)c(Cl)c2)cn1. The van der Waals surface area contributed by atoms with Crippen molar-refractivity contribution in [1.82, 2.24) is 9.78 Å². The largest absolute Gasteiger partial charge is 0.288 e. The summed E-state index contributed by atoms with van der Waals surface area (Å²) in [4.78, 5) is 12.1. The van der Waals surface area contributed by atoms with E-state index in [4.69, 9.17) is 11.6 Å². The van der Waals surface area contributed by atoms with Crippen LogP contribution in [0.5, 0.6) is 0 Å². The second-order valence-corrected chi connectivity index (χ2v) is 4.36. The summed E-state index contributed by atoms with van der Waals surface area (Å²) in [6.45, 7) is 2.79. The molecule has 0 unspecified atom stereocenters. The van der Waals surface area contributed by atoms with Crippen molar-refractivity contribution < 1.29 is 9.18 Å². The van der Waals surface area contributed by atoms with Crippen LogP contribution in [0, 0.1) is 5.82 Å². The molecule has 0 aliphatic carbocycles. The van der Waals surface area contributed by atoms with Crippen molar-refractivity contribution in [3.8, 4) is 0 Å². The number of rotatable bonds is 4. The molecule has 0 saturated carbocycles. The maximum absolute atomic E-state index is 13.0. The maximum atomic E-state index is 13.0. The molecule has 5 heteroatoms. The Balaban J connectivity index is 2.26. The van der Waals surface area contributed by atoms with E-state index in [0.29, 0.717) is 11.1 Å². The highest BCUT2D eigenvalue weighted by Gasteiger charge is 2.13. The Morgan fingerprint density at radius 2 is 2.22 bits per heavy atom. The molecule has 0 aliphatic rings. The van der Waals surface area contributed by atoms with Crippen LogP contribution in [0.1, 0.15) is 29.3 Å². The van der Waals surface area contributed by atoms with Gasteiger partial charge in [0, 0.05) is 18.3 Å². The number of aromatic nitrogens is 2. The van der Waals surface area contributed by atoms with E-state index in [1.165, 1.54) is 24.4 Å². The highest BCUT2D eigenvalue weighted by Crippen LogP contribution is 2.18. The molecular weight excluding hydrogens is 255 g/mol. The summed E-state index contributed by atoms with van der Waals surface area (Å²) in [6.07, 6.45) is 4.13. The fourth-order valence-electron chi connectivity index (χ4n) is 1.64. The van der Waals surface area contributed by atoms with Crippen molar-refractivity contribution in [1.29, 1.82) is 0 Å². The maximum Gasteiger partial charge on any atom is 0.196 e. The molecule has 0 saturated heterocycles. The van der Waals surface area contributed by atoms with Gasteiger partial charge in [0.2, 0.25) is 0 Å². The minimum Gasteiger partial charge on any atom is -0.288 e. The van der Waals surface area contributed by atoms with E-state index in [0.717, 1.165) is 13.0 Å². The van der Waals surface area contributed by atoms with Crippen LogP contribution < -0.4 is 0 Å². The van der Waals surface area contributed by atoms with Gasteiger partial charge >= 0.3 is 0 Å². The average Bonchev–Trinajstić information content (AvgIpc) is 2.81. The second kappa shape index (κ2) is 5.31. The molecule has 0 fully saturated rings. The minimum absolute atomic E-state index is 0.0539. The number of halogens is 2. The lowest BCUT2D eigenvalue weighted by Gasteiger charge is -2.00. The molecule has 0 amide bonds. The number of carbonyl (C=O) groups excluding carboxylic acids is 1. The van der Waals surface area contributed by atoms with E-state index in [1.807, 2.05) is 6.92 Å². The molecule has 18 heavy (non-hydrogen) atoms. The number of hydrogen-bond donors (Lipinski definition) is 0. The molecule has 2 aromatic rings. The van der Waals surface area contributed by atoms with Crippen LogP contribution in [0.25, 0.3) is 0 Å². The van der Waals surface area contributed by atoms with Gasteiger partial charge in [-0.15, -0.1) is 0 Å². The lowest BCUT2D eigenvalue weighted by Crippen LogP contribution is -2.01. The third kappa shape index (κ3) is 2.59. The van der Waals surface area contributed by atoms with Gasteiger partial charge in [-0.1, -0.05) is 18.5 Å². The van der Waals surface area contributed by atoms with Crippen molar-refractivity contribution >= 4 is 17.4 Å². The Morgan fingerprint density at radius 1 is 1.44 bits per heavy atom. The van der Waals surface area contributed by atoms with Gasteiger partial charge in [0.05, 0.1) is 16.8 Å². The van der Waals surface area contributed by atoms with Crippen LogP contribution in [0.15, 0.2) is 30.6 Å². The Hall–Kier alpha value is -1.68. The van der Waals surface area contributed by atoms with Gasteiger partial charge < -0.3 is 0 Å². The molecule has 1 aromatic heterocycles. The lowest BCUT2D eigenvalue weighted by atomic mass is 10.1. The Kier molecular flexibility index (Phi) is 3.77. The number of hydrogen-bond acceptors (Lipinski definition) is 2. The summed E-state index contributed by atoms with van der Waals surface area (Å²) in [5, 5.41) is 4.03. The third-order valence-corrected chi connectivity index (χ3v) is 2.82. The molecular formula is C13H12ClFN2O. The summed E-state index contributed by atoms with van der Waals surface area (Å²) in [7, 11) is 0. The molecule has 94 valence electrons. The monoisotopic (exact) mass is 266 g/mol. The molecule has 2 rings (SSSR count). The van der Waals surface area contributed by atoms with E-state index in [2.05, 4.69) is 5.10 Å². The van der Waals surface area contributed by atoms with E-state index < -0.39 is 5.82 Å². The zero-order valence-corrected chi connectivity index (χ0v) is 10.6. The van der Waals surface area contributed by atoms with Crippen LogP contribution in [0.2, 0.25) is 5.02 Å². The van der Waals surface area contributed by atoms with Crippen molar-refractivity contribution in [3.63, 3.8) is 0 Å². The third-order valence-electron chi connectivity index (χ3n) is 2.53. The minimum atomic E-state index is -0.533. The van der Waals surface area contributed by atoms with Crippen LogP contribution in [-0.4, -0.2) is 15.6 Å². The normalized spacial score (nSPS) is 10.6. The zero-order valence-electron chi connectivity index (χ0n) is 9.86. The van der Waals surface area contributed by atoms with E-state index in [9.17, 15) is 9.18 Å². The number of ketones is 1. The molecule has 0 radical (unpaired) electrons. The zero-order chi connectivity index (χ0) is 13.1. The summed E-state index contributed by atoms with van der Waals surface area (Å²) in [6, 6.07) is 3.93.